The Morgan fingerprint density at radius 3 is 2.71 bits per heavy atom. The molecule has 5 atom stereocenters. The minimum atomic E-state index is -3.31. The number of aliphatic hydroxyl groups is 1. The third-order valence-electron chi connectivity index (χ3n) is 7.78. The maximum absolute atomic E-state index is 15.7. The molecule has 1 aromatic rings. The number of carbonyl (C=O) groups is 2. The van der Waals surface area contributed by atoms with Crippen LogP contribution < -0.4 is 9.64 Å². The zero-order valence-corrected chi connectivity index (χ0v) is 21.6. The van der Waals surface area contributed by atoms with Crippen molar-refractivity contribution in [3.05, 3.63) is 23.8 Å². The van der Waals surface area contributed by atoms with Crippen molar-refractivity contribution in [1.29, 1.82) is 0 Å². The summed E-state index contributed by atoms with van der Waals surface area (Å²) in [5.41, 5.74) is 1.13. The molecular formula is C25H37FN2O5Si. The van der Waals surface area contributed by atoms with Crippen molar-refractivity contribution >= 4 is 25.9 Å². The van der Waals surface area contributed by atoms with Gasteiger partial charge in [0.1, 0.15) is 11.9 Å². The summed E-state index contributed by atoms with van der Waals surface area (Å²) in [6.07, 6.45) is 2.25. The number of nitrogens with zero attached hydrogens (tertiary/aromatic N) is 2. The molecule has 2 fully saturated rings. The van der Waals surface area contributed by atoms with Gasteiger partial charge in [-0.25, -0.2) is 0 Å². The summed E-state index contributed by atoms with van der Waals surface area (Å²) in [5, 5.41) is 9.64. The van der Waals surface area contributed by atoms with Crippen LogP contribution in [0.15, 0.2) is 18.2 Å². The van der Waals surface area contributed by atoms with Gasteiger partial charge in [-0.15, -0.1) is 0 Å². The Morgan fingerprint density at radius 1 is 1.32 bits per heavy atom. The van der Waals surface area contributed by atoms with E-state index in [1.165, 1.54) is 0 Å². The summed E-state index contributed by atoms with van der Waals surface area (Å²) >= 11 is 0. The number of methoxy groups -OCH3 is 1. The Morgan fingerprint density at radius 2 is 2.09 bits per heavy atom. The van der Waals surface area contributed by atoms with Crippen molar-refractivity contribution in [1.82, 2.24) is 4.90 Å². The van der Waals surface area contributed by atoms with Gasteiger partial charge in [-0.2, -0.15) is 0 Å². The van der Waals surface area contributed by atoms with Gasteiger partial charge in [0.15, 0.2) is 0 Å². The maximum atomic E-state index is 15.7. The molecule has 188 valence electrons. The second-order valence-corrected chi connectivity index (χ2v) is 14.3. The lowest BCUT2D eigenvalue weighted by Gasteiger charge is -2.43. The number of amides is 2. The number of halogens is 1. The molecule has 3 aliphatic heterocycles. The Hall–Kier alpha value is -1.97. The van der Waals surface area contributed by atoms with Crippen molar-refractivity contribution in [3.63, 3.8) is 0 Å². The van der Waals surface area contributed by atoms with Gasteiger partial charge in [-0.05, 0) is 50.6 Å². The molecule has 2 amide bonds. The molecule has 3 heterocycles. The van der Waals surface area contributed by atoms with Crippen molar-refractivity contribution in [2.75, 3.05) is 31.7 Å². The highest BCUT2D eigenvalue weighted by atomic mass is 28.4. The first kappa shape index (κ1) is 25.1. The zero-order valence-electron chi connectivity index (χ0n) is 20.6. The molecule has 4 rings (SSSR count). The quantitative estimate of drug-likeness (QED) is 0.463. The first-order valence-electron chi connectivity index (χ1n) is 12.4. The lowest BCUT2D eigenvalue weighted by atomic mass is 9.86. The smallest absolute Gasteiger partial charge is 0.248 e. The fraction of sp³-hybridized carbons (Fsp3) is 0.680. The molecule has 0 bridgehead atoms. The highest BCUT2D eigenvalue weighted by Crippen LogP contribution is 2.48. The number of benzene rings is 1. The molecule has 9 heteroatoms. The molecule has 1 aromatic carbocycles. The molecule has 2 saturated heterocycles. The third-order valence-corrected chi connectivity index (χ3v) is 10.1. The number of fused-ring (bicyclic) bond motifs is 1. The average molecular weight is 493 g/mol. The molecule has 0 aliphatic carbocycles. The molecule has 3 aliphatic rings. The summed E-state index contributed by atoms with van der Waals surface area (Å²) in [5.74, 6) is 0.437. The third kappa shape index (κ3) is 4.74. The Labute approximate surface area is 202 Å². The second-order valence-electron chi connectivity index (χ2n) is 10.4. The number of likely N-dealkylation sites (tertiary alicyclic amines) is 1. The number of carbonyl (C=O) groups excluding carboxylic acids is 2. The molecule has 1 N–H and O–H groups in total. The van der Waals surface area contributed by atoms with Crippen molar-refractivity contribution < 1.29 is 28.3 Å². The highest BCUT2D eigenvalue weighted by Gasteiger charge is 2.49. The van der Waals surface area contributed by atoms with Gasteiger partial charge < -0.3 is 28.5 Å². The minimum absolute atomic E-state index is 0.0629. The first-order chi connectivity index (χ1) is 16.2. The van der Waals surface area contributed by atoms with Crippen molar-refractivity contribution in [3.8, 4) is 5.75 Å². The van der Waals surface area contributed by atoms with E-state index in [0.29, 0.717) is 25.3 Å². The number of hydrogen-bond donors (Lipinski definition) is 1. The fourth-order valence-corrected chi connectivity index (χ4v) is 7.68. The number of aliphatic hydroxyl groups excluding tert-OH is 1. The van der Waals surface area contributed by atoms with E-state index in [2.05, 4.69) is 0 Å². The predicted octanol–water partition coefficient (Wildman–Crippen LogP) is 3.82. The lowest BCUT2D eigenvalue weighted by molar-refractivity contribution is -0.133. The summed E-state index contributed by atoms with van der Waals surface area (Å²) < 4.78 is 28.0. The first-order valence-corrected chi connectivity index (χ1v) is 15.3. The van der Waals surface area contributed by atoms with Crippen LogP contribution >= 0.6 is 0 Å². The second kappa shape index (κ2) is 9.95. The largest absolute Gasteiger partial charge is 0.490 e. The van der Waals surface area contributed by atoms with Crippen LogP contribution in [0.1, 0.15) is 50.7 Å². The summed E-state index contributed by atoms with van der Waals surface area (Å²) in [7, 11) is -1.68. The van der Waals surface area contributed by atoms with E-state index in [9.17, 15) is 14.7 Å². The summed E-state index contributed by atoms with van der Waals surface area (Å²) in [4.78, 5) is 28.9. The van der Waals surface area contributed by atoms with Crippen molar-refractivity contribution in [2.45, 2.75) is 75.9 Å². The molecule has 0 aromatic heterocycles. The summed E-state index contributed by atoms with van der Waals surface area (Å²) in [6.45, 7) is 6.49. The van der Waals surface area contributed by atoms with Gasteiger partial charge in [-0.3, -0.25) is 9.59 Å². The molecule has 0 saturated carbocycles. The number of rotatable bonds is 7. The molecule has 1 unspecified atom stereocenters. The van der Waals surface area contributed by atoms with Crippen LogP contribution in [0, 0.1) is 5.92 Å². The van der Waals surface area contributed by atoms with E-state index in [-0.39, 0.29) is 42.9 Å². The maximum Gasteiger partial charge on any atom is 0.248 e. The van der Waals surface area contributed by atoms with Gasteiger partial charge in [-0.1, -0.05) is 6.92 Å². The minimum Gasteiger partial charge on any atom is -0.490 e. The molecule has 0 spiro atoms. The van der Waals surface area contributed by atoms with Gasteiger partial charge in [0.2, 0.25) is 20.2 Å². The van der Waals surface area contributed by atoms with Crippen LogP contribution in [0.3, 0.4) is 0 Å². The highest BCUT2D eigenvalue weighted by molar-refractivity contribution is 6.72. The van der Waals surface area contributed by atoms with E-state index >= 15 is 4.11 Å². The van der Waals surface area contributed by atoms with E-state index in [0.717, 1.165) is 30.5 Å². The van der Waals surface area contributed by atoms with Crippen LogP contribution in [0.4, 0.5) is 9.80 Å². The number of anilines is 1. The molecule has 7 nitrogen and oxygen atoms in total. The van der Waals surface area contributed by atoms with Gasteiger partial charge >= 0.3 is 0 Å². The Bertz CT molecular complexity index is 923. The zero-order chi connectivity index (χ0) is 24.6. The van der Waals surface area contributed by atoms with Gasteiger partial charge in [0.25, 0.3) is 0 Å². The molecule has 34 heavy (non-hydrogen) atoms. The predicted molar refractivity (Wildman–Crippen MR) is 130 cm³/mol. The van der Waals surface area contributed by atoms with E-state index in [1.807, 2.05) is 25.1 Å². The van der Waals surface area contributed by atoms with Crippen LogP contribution in [-0.4, -0.2) is 69.2 Å². The molecular weight excluding hydrogens is 455 g/mol. The van der Waals surface area contributed by atoms with Crippen LogP contribution in [0.5, 0.6) is 5.75 Å². The number of hydrogen-bond acceptors (Lipinski definition) is 5. The van der Waals surface area contributed by atoms with Gasteiger partial charge in [0, 0.05) is 55.8 Å². The van der Waals surface area contributed by atoms with Crippen molar-refractivity contribution in [2.24, 2.45) is 5.92 Å². The number of ether oxygens (including phenoxy) is 2. The fourth-order valence-electron chi connectivity index (χ4n) is 5.86. The topological polar surface area (TPSA) is 79.3 Å². The SMILES string of the molecule is CO[C@@H]1c2cc(N3CCCC3=O)ccc2O[C@H](C(CC(=O)N2CCC[C@H]2CO)[Si](C)(C)F)[C@H]1C. The average Bonchev–Trinajstić information content (AvgIpc) is 3.45. The molecule has 0 radical (unpaired) electrons. The van der Waals surface area contributed by atoms with Crippen LogP contribution in [0.25, 0.3) is 0 Å². The van der Waals surface area contributed by atoms with Crippen LogP contribution in [0.2, 0.25) is 18.6 Å². The lowest BCUT2D eigenvalue weighted by Crippen LogP contribution is -2.48. The van der Waals surface area contributed by atoms with E-state index in [4.69, 9.17) is 9.47 Å². The monoisotopic (exact) mass is 492 g/mol. The standard InChI is InChI=1S/C25H37FN2O5Si/c1-16-24(32-2)19-13-17(27-12-6-8-22(27)30)9-10-20(19)33-25(16)21(34(3,4)26)14-23(31)28-11-5-7-18(28)15-29/h9-10,13,16,18,21,24-25,29H,5-8,11-12,14-15H2,1-4H3/t16-,18-,21?,24-,25-/m0/s1. The van der Waals surface area contributed by atoms with E-state index in [1.54, 1.807) is 30.0 Å². The Kier molecular flexibility index (Phi) is 7.35. The Balaban J connectivity index is 1.61. The van der Waals surface area contributed by atoms with E-state index < -0.39 is 20.1 Å². The van der Waals surface area contributed by atoms with Gasteiger partial charge in [0.05, 0.1) is 18.8 Å². The summed E-state index contributed by atoms with van der Waals surface area (Å²) in [6, 6.07) is 5.49. The van der Waals surface area contributed by atoms with Crippen LogP contribution in [-0.2, 0) is 14.3 Å². The normalized spacial score (nSPS) is 28.1.